The van der Waals surface area contributed by atoms with Crippen LogP contribution in [0.25, 0.3) is 0 Å². The van der Waals surface area contributed by atoms with E-state index < -0.39 is 0 Å². The van der Waals surface area contributed by atoms with Gasteiger partial charge >= 0.3 is 0 Å². The second kappa shape index (κ2) is 6.29. The minimum absolute atomic E-state index is 0.0557. The van der Waals surface area contributed by atoms with Gasteiger partial charge < -0.3 is 4.90 Å². The summed E-state index contributed by atoms with van der Waals surface area (Å²) in [6.07, 6.45) is 4.83. The SMILES string of the molecule is CCC1NC(CC(C)C)N(CC2CCCS2)C1=O. The summed E-state index contributed by atoms with van der Waals surface area (Å²) in [5, 5.41) is 4.18. The molecule has 0 radical (unpaired) electrons. The van der Waals surface area contributed by atoms with Gasteiger partial charge in [-0.3, -0.25) is 10.1 Å². The molecule has 4 heteroatoms. The number of amides is 1. The first kappa shape index (κ1) is 14.2. The highest BCUT2D eigenvalue weighted by Gasteiger charge is 2.39. The van der Waals surface area contributed by atoms with Crippen LogP contribution in [0.2, 0.25) is 0 Å². The Hall–Kier alpha value is -0.220. The van der Waals surface area contributed by atoms with Crippen molar-refractivity contribution in [1.82, 2.24) is 10.2 Å². The molecule has 3 nitrogen and oxygen atoms in total. The first-order chi connectivity index (χ1) is 8.61. The lowest BCUT2D eigenvalue weighted by molar-refractivity contribution is -0.130. The molecule has 1 amide bonds. The summed E-state index contributed by atoms with van der Waals surface area (Å²) < 4.78 is 0. The zero-order chi connectivity index (χ0) is 13.1. The fraction of sp³-hybridized carbons (Fsp3) is 0.929. The summed E-state index contributed by atoms with van der Waals surface area (Å²) in [6.45, 7) is 7.50. The Kier molecular flexibility index (Phi) is 4.96. The Morgan fingerprint density at radius 1 is 1.50 bits per heavy atom. The van der Waals surface area contributed by atoms with Crippen molar-refractivity contribution in [3.8, 4) is 0 Å². The van der Waals surface area contributed by atoms with Crippen LogP contribution in [-0.2, 0) is 4.79 Å². The van der Waals surface area contributed by atoms with Gasteiger partial charge in [-0.15, -0.1) is 0 Å². The number of nitrogens with one attached hydrogen (secondary N) is 1. The van der Waals surface area contributed by atoms with E-state index in [0.717, 1.165) is 19.4 Å². The van der Waals surface area contributed by atoms with Crippen LogP contribution < -0.4 is 5.32 Å². The highest BCUT2D eigenvalue weighted by molar-refractivity contribution is 8.00. The molecule has 0 aliphatic carbocycles. The van der Waals surface area contributed by atoms with Crippen LogP contribution in [0.3, 0.4) is 0 Å². The lowest BCUT2D eigenvalue weighted by Crippen LogP contribution is -2.41. The summed E-state index contributed by atoms with van der Waals surface area (Å²) in [5.74, 6) is 2.23. The standard InChI is InChI=1S/C14H26N2OS/c1-4-12-14(17)16(9-11-6-5-7-18-11)13(15-12)8-10(2)3/h10-13,15H,4-9H2,1-3H3. The van der Waals surface area contributed by atoms with E-state index in [2.05, 4.69) is 31.0 Å². The molecule has 0 bridgehead atoms. The molecule has 1 N–H and O–H groups in total. The second-order valence-electron chi connectivity index (χ2n) is 5.90. The number of thioether (sulfide) groups is 1. The van der Waals surface area contributed by atoms with Gasteiger partial charge in [0.25, 0.3) is 0 Å². The van der Waals surface area contributed by atoms with Crippen LogP contribution >= 0.6 is 11.8 Å². The molecule has 0 spiro atoms. The summed E-state index contributed by atoms with van der Waals surface area (Å²) in [7, 11) is 0. The smallest absolute Gasteiger partial charge is 0.241 e. The predicted molar refractivity (Wildman–Crippen MR) is 77.7 cm³/mol. The maximum absolute atomic E-state index is 12.4. The van der Waals surface area contributed by atoms with Crippen LogP contribution in [0.15, 0.2) is 0 Å². The fourth-order valence-corrected chi connectivity index (χ4v) is 4.17. The summed E-state index contributed by atoms with van der Waals surface area (Å²) >= 11 is 2.04. The molecule has 18 heavy (non-hydrogen) atoms. The number of carbonyl (C=O) groups is 1. The van der Waals surface area contributed by atoms with Crippen molar-refractivity contribution in [3.05, 3.63) is 0 Å². The molecule has 2 saturated heterocycles. The zero-order valence-corrected chi connectivity index (χ0v) is 12.6. The molecule has 104 valence electrons. The molecule has 2 fully saturated rings. The predicted octanol–water partition coefficient (Wildman–Crippen LogP) is 2.46. The monoisotopic (exact) mass is 270 g/mol. The van der Waals surface area contributed by atoms with Crippen LogP contribution in [0.1, 0.15) is 46.5 Å². The van der Waals surface area contributed by atoms with Gasteiger partial charge in [0.05, 0.1) is 12.2 Å². The van der Waals surface area contributed by atoms with Crippen molar-refractivity contribution in [3.63, 3.8) is 0 Å². The highest BCUT2D eigenvalue weighted by atomic mass is 32.2. The van der Waals surface area contributed by atoms with Gasteiger partial charge in [0.2, 0.25) is 5.91 Å². The lowest BCUT2D eigenvalue weighted by atomic mass is 10.1. The van der Waals surface area contributed by atoms with Crippen molar-refractivity contribution in [2.75, 3.05) is 12.3 Å². The molecule has 2 aliphatic heterocycles. The Labute approximate surface area is 115 Å². The number of hydrogen-bond donors (Lipinski definition) is 1. The first-order valence-corrected chi connectivity index (χ1v) is 8.34. The molecular formula is C14H26N2OS. The number of hydrogen-bond acceptors (Lipinski definition) is 3. The van der Waals surface area contributed by atoms with E-state index >= 15 is 0 Å². The van der Waals surface area contributed by atoms with Gasteiger partial charge in [-0.25, -0.2) is 0 Å². The van der Waals surface area contributed by atoms with Crippen molar-refractivity contribution in [2.24, 2.45) is 5.92 Å². The molecule has 2 heterocycles. The molecule has 0 saturated carbocycles. The fourth-order valence-electron chi connectivity index (χ4n) is 2.91. The Morgan fingerprint density at radius 3 is 2.83 bits per heavy atom. The maximum Gasteiger partial charge on any atom is 0.241 e. The number of carbonyl (C=O) groups excluding carboxylic acids is 1. The lowest BCUT2D eigenvalue weighted by Gasteiger charge is -2.27. The molecular weight excluding hydrogens is 244 g/mol. The maximum atomic E-state index is 12.4. The Morgan fingerprint density at radius 2 is 2.28 bits per heavy atom. The average Bonchev–Trinajstić information content (AvgIpc) is 2.91. The normalized spacial score (nSPS) is 32.8. The molecule has 0 aromatic heterocycles. The highest BCUT2D eigenvalue weighted by Crippen LogP contribution is 2.29. The third kappa shape index (κ3) is 3.21. The topological polar surface area (TPSA) is 32.3 Å². The van der Waals surface area contributed by atoms with E-state index in [1.807, 2.05) is 11.8 Å². The molecule has 3 unspecified atom stereocenters. The zero-order valence-electron chi connectivity index (χ0n) is 11.8. The molecule has 0 aromatic carbocycles. The van der Waals surface area contributed by atoms with E-state index in [1.165, 1.54) is 18.6 Å². The molecule has 0 aromatic rings. The third-order valence-electron chi connectivity index (χ3n) is 3.88. The Balaban J connectivity index is 1.99. The molecule has 2 aliphatic rings. The molecule has 2 rings (SSSR count). The van der Waals surface area contributed by atoms with E-state index in [-0.39, 0.29) is 12.2 Å². The van der Waals surface area contributed by atoms with E-state index in [1.54, 1.807) is 0 Å². The number of nitrogens with zero attached hydrogens (tertiary/aromatic N) is 1. The summed E-state index contributed by atoms with van der Waals surface area (Å²) in [5.41, 5.74) is 0. The molecule has 3 atom stereocenters. The van der Waals surface area contributed by atoms with Gasteiger partial charge in [0.1, 0.15) is 0 Å². The minimum atomic E-state index is 0.0557. The van der Waals surface area contributed by atoms with Crippen molar-refractivity contribution < 1.29 is 4.79 Å². The van der Waals surface area contributed by atoms with Crippen molar-refractivity contribution in [1.29, 1.82) is 0 Å². The van der Waals surface area contributed by atoms with Crippen molar-refractivity contribution >= 4 is 17.7 Å². The first-order valence-electron chi connectivity index (χ1n) is 7.30. The van der Waals surface area contributed by atoms with Crippen LogP contribution in [0.4, 0.5) is 0 Å². The van der Waals surface area contributed by atoms with Crippen LogP contribution in [0, 0.1) is 5.92 Å². The minimum Gasteiger partial charge on any atom is -0.325 e. The average molecular weight is 270 g/mol. The van der Waals surface area contributed by atoms with Gasteiger partial charge in [0.15, 0.2) is 0 Å². The van der Waals surface area contributed by atoms with Gasteiger partial charge in [-0.05, 0) is 37.4 Å². The van der Waals surface area contributed by atoms with E-state index in [9.17, 15) is 4.79 Å². The summed E-state index contributed by atoms with van der Waals surface area (Å²) in [6, 6.07) is 0.0557. The van der Waals surface area contributed by atoms with E-state index in [4.69, 9.17) is 0 Å². The third-order valence-corrected chi connectivity index (χ3v) is 5.26. The quantitative estimate of drug-likeness (QED) is 0.833. The van der Waals surface area contributed by atoms with Gasteiger partial charge in [0, 0.05) is 11.8 Å². The number of rotatable bonds is 5. The summed E-state index contributed by atoms with van der Waals surface area (Å²) in [4.78, 5) is 14.5. The van der Waals surface area contributed by atoms with Crippen LogP contribution in [-0.4, -0.2) is 40.6 Å². The van der Waals surface area contributed by atoms with Crippen LogP contribution in [0.5, 0.6) is 0 Å². The van der Waals surface area contributed by atoms with Crippen molar-refractivity contribution in [2.45, 2.75) is 63.9 Å². The Bertz CT molecular complexity index is 290. The largest absolute Gasteiger partial charge is 0.325 e. The van der Waals surface area contributed by atoms with E-state index in [0.29, 0.717) is 17.1 Å². The van der Waals surface area contributed by atoms with Gasteiger partial charge in [-0.2, -0.15) is 11.8 Å². The second-order valence-corrected chi connectivity index (χ2v) is 7.31. The van der Waals surface area contributed by atoms with Gasteiger partial charge in [-0.1, -0.05) is 20.8 Å².